The highest BCUT2D eigenvalue weighted by Gasteiger charge is 2.38. The van der Waals surface area contributed by atoms with Gasteiger partial charge in [-0.15, -0.1) is 11.6 Å². The van der Waals surface area contributed by atoms with E-state index in [2.05, 4.69) is 20.8 Å². The first kappa shape index (κ1) is 19.2. The standard InChI is InChI=1S/C16H33ClO2/c1-6-7-8-9-10-11-12-15(17)16(18-4,19-5)13-14(2)3/h14-15H,6-13H2,1-5H3. The van der Waals surface area contributed by atoms with Gasteiger partial charge in [0.15, 0.2) is 5.79 Å². The van der Waals surface area contributed by atoms with Crippen molar-refractivity contribution >= 4 is 11.6 Å². The Morgan fingerprint density at radius 1 is 0.947 bits per heavy atom. The van der Waals surface area contributed by atoms with Crippen LogP contribution in [0.25, 0.3) is 0 Å². The molecule has 0 radical (unpaired) electrons. The van der Waals surface area contributed by atoms with E-state index in [1.165, 1.54) is 32.1 Å². The first-order valence-electron chi connectivity index (χ1n) is 7.76. The van der Waals surface area contributed by atoms with Gasteiger partial charge < -0.3 is 9.47 Å². The molecule has 2 nitrogen and oxygen atoms in total. The van der Waals surface area contributed by atoms with Gasteiger partial charge in [0.1, 0.15) is 0 Å². The summed E-state index contributed by atoms with van der Waals surface area (Å²) in [4.78, 5) is 0. The zero-order valence-corrected chi connectivity index (χ0v) is 14.3. The fourth-order valence-electron chi connectivity index (χ4n) is 2.53. The van der Waals surface area contributed by atoms with Crippen LogP contribution in [0.5, 0.6) is 0 Å². The minimum absolute atomic E-state index is 0.0731. The fraction of sp³-hybridized carbons (Fsp3) is 1.00. The van der Waals surface area contributed by atoms with Crippen molar-refractivity contribution in [3.05, 3.63) is 0 Å². The van der Waals surface area contributed by atoms with E-state index in [1.807, 2.05) is 0 Å². The van der Waals surface area contributed by atoms with Crippen LogP contribution >= 0.6 is 11.6 Å². The first-order valence-corrected chi connectivity index (χ1v) is 8.20. The van der Waals surface area contributed by atoms with Gasteiger partial charge in [0.25, 0.3) is 0 Å². The van der Waals surface area contributed by atoms with Gasteiger partial charge >= 0.3 is 0 Å². The molecule has 3 heteroatoms. The van der Waals surface area contributed by atoms with Gasteiger partial charge in [-0.3, -0.25) is 0 Å². The smallest absolute Gasteiger partial charge is 0.184 e. The molecule has 0 bridgehead atoms. The Balaban J connectivity index is 4.07. The van der Waals surface area contributed by atoms with Gasteiger partial charge in [-0.05, 0) is 12.3 Å². The second-order valence-corrected chi connectivity index (χ2v) is 6.37. The van der Waals surface area contributed by atoms with E-state index in [0.717, 1.165) is 19.3 Å². The zero-order valence-electron chi connectivity index (χ0n) is 13.5. The van der Waals surface area contributed by atoms with Crippen LogP contribution in [0.1, 0.15) is 72.1 Å². The molecule has 0 aliphatic rings. The highest BCUT2D eigenvalue weighted by atomic mass is 35.5. The third-order valence-corrected chi connectivity index (χ3v) is 4.22. The molecule has 0 saturated heterocycles. The number of halogens is 1. The minimum Gasteiger partial charge on any atom is -0.352 e. The van der Waals surface area contributed by atoms with Crippen LogP contribution in [0, 0.1) is 5.92 Å². The van der Waals surface area contributed by atoms with Crippen molar-refractivity contribution in [1.82, 2.24) is 0 Å². The van der Waals surface area contributed by atoms with Gasteiger partial charge in [-0.25, -0.2) is 0 Å². The summed E-state index contributed by atoms with van der Waals surface area (Å²) in [5, 5.41) is -0.0731. The lowest BCUT2D eigenvalue weighted by atomic mass is 9.96. The number of rotatable bonds is 12. The Hall–Kier alpha value is 0.210. The Labute approximate surface area is 125 Å². The first-order chi connectivity index (χ1) is 9.02. The molecule has 19 heavy (non-hydrogen) atoms. The van der Waals surface area contributed by atoms with Crippen molar-refractivity contribution in [1.29, 1.82) is 0 Å². The number of ether oxygens (including phenoxy) is 2. The van der Waals surface area contributed by atoms with Crippen LogP contribution in [0.3, 0.4) is 0 Å². The Bertz CT molecular complexity index is 203. The average Bonchev–Trinajstić information content (AvgIpc) is 2.39. The fourth-order valence-corrected chi connectivity index (χ4v) is 2.95. The lowest BCUT2D eigenvalue weighted by Gasteiger charge is -2.36. The third kappa shape index (κ3) is 7.53. The molecule has 0 aromatic carbocycles. The third-order valence-electron chi connectivity index (χ3n) is 3.67. The molecule has 0 aromatic heterocycles. The molecule has 0 heterocycles. The molecule has 0 aliphatic carbocycles. The van der Waals surface area contributed by atoms with Crippen molar-refractivity contribution in [3.8, 4) is 0 Å². The van der Waals surface area contributed by atoms with Gasteiger partial charge in [-0.2, -0.15) is 0 Å². The van der Waals surface area contributed by atoms with Crippen LogP contribution in [0.2, 0.25) is 0 Å². The monoisotopic (exact) mass is 292 g/mol. The normalized spacial score (nSPS) is 14.1. The number of alkyl halides is 1. The van der Waals surface area contributed by atoms with E-state index in [-0.39, 0.29) is 5.38 Å². The van der Waals surface area contributed by atoms with Crippen LogP contribution in [-0.2, 0) is 9.47 Å². The van der Waals surface area contributed by atoms with E-state index in [0.29, 0.717) is 5.92 Å². The van der Waals surface area contributed by atoms with E-state index in [4.69, 9.17) is 21.1 Å². The Kier molecular flexibility index (Phi) is 11.1. The summed E-state index contributed by atoms with van der Waals surface area (Å²) in [5.74, 6) is -0.121. The van der Waals surface area contributed by atoms with E-state index < -0.39 is 5.79 Å². The molecule has 116 valence electrons. The maximum absolute atomic E-state index is 6.54. The summed E-state index contributed by atoms with van der Waals surface area (Å²) >= 11 is 6.54. The van der Waals surface area contributed by atoms with Crippen LogP contribution in [-0.4, -0.2) is 25.4 Å². The molecule has 0 aliphatic heterocycles. The Morgan fingerprint density at radius 3 is 1.95 bits per heavy atom. The molecule has 0 aromatic rings. The van der Waals surface area contributed by atoms with Crippen LogP contribution in [0.4, 0.5) is 0 Å². The summed E-state index contributed by atoms with van der Waals surface area (Å²) in [7, 11) is 3.39. The summed E-state index contributed by atoms with van der Waals surface area (Å²) in [5.41, 5.74) is 0. The molecule has 1 atom stereocenters. The lowest BCUT2D eigenvalue weighted by Crippen LogP contribution is -2.44. The van der Waals surface area contributed by atoms with Crippen molar-refractivity contribution < 1.29 is 9.47 Å². The molecule has 0 fully saturated rings. The van der Waals surface area contributed by atoms with Crippen molar-refractivity contribution in [2.45, 2.75) is 83.3 Å². The predicted octanol–water partition coefficient (Wildman–Crippen LogP) is 5.38. The second-order valence-electron chi connectivity index (χ2n) is 5.84. The topological polar surface area (TPSA) is 18.5 Å². The van der Waals surface area contributed by atoms with Crippen molar-refractivity contribution in [2.24, 2.45) is 5.92 Å². The van der Waals surface area contributed by atoms with Gasteiger partial charge in [0.2, 0.25) is 0 Å². The number of hydrogen-bond donors (Lipinski definition) is 0. The lowest BCUT2D eigenvalue weighted by molar-refractivity contribution is -0.217. The molecule has 0 N–H and O–H groups in total. The molecule has 0 spiro atoms. The summed E-state index contributed by atoms with van der Waals surface area (Å²) in [6, 6.07) is 0. The number of hydrogen-bond acceptors (Lipinski definition) is 2. The zero-order chi connectivity index (χ0) is 14.7. The van der Waals surface area contributed by atoms with Gasteiger partial charge in [0, 0.05) is 20.6 Å². The molecular formula is C16H33ClO2. The number of methoxy groups -OCH3 is 2. The van der Waals surface area contributed by atoms with Crippen molar-refractivity contribution in [3.63, 3.8) is 0 Å². The molecule has 0 saturated carbocycles. The summed E-state index contributed by atoms with van der Waals surface area (Å²) < 4.78 is 11.2. The SMILES string of the molecule is CCCCCCCCC(Cl)C(CC(C)C)(OC)OC. The van der Waals surface area contributed by atoms with Gasteiger partial charge in [-0.1, -0.05) is 59.3 Å². The molecule has 0 rings (SSSR count). The highest BCUT2D eigenvalue weighted by Crippen LogP contribution is 2.32. The molecular weight excluding hydrogens is 260 g/mol. The predicted molar refractivity (Wildman–Crippen MR) is 83.8 cm³/mol. The van der Waals surface area contributed by atoms with Gasteiger partial charge in [0.05, 0.1) is 5.38 Å². The van der Waals surface area contributed by atoms with Crippen LogP contribution < -0.4 is 0 Å². The second kappa shape index (κ2) is 10.9. The average molecular weight is 293 g/mol. The highest BCUT2D eigenvalue weighted by molar-refractivity contribution is 6.21. The minimum atomic E-state index is -0.626. The van der Waals surface area contributed by atoms with Crippen molar-refractivity contribution in [2.75, 3.05) is 14.2 Å². The maximum Gasteiger partial charge on any atom is 0.184 e. The van der Waals surface area contributed by atoms with E-state index in [9.17, 15) is 0 Å². The molecule has 1 unspecified atom stereocenters. The van der Waals surface area contributed by atoms with E-state index >= 15 is 0 Å². The largest absolute Gasteiger partial charge is 0.352 e. The quantitative estimate of drug-likeness (QED) is 0.273. The maximum atomic E-state index is 6.54. The van der Waals surface area contributed by atoms with Crippen LogP contribution in [0.15, 0.2) is 0 Å². The Morgan fingerprint density at radius 2 is 1.47 bits per heavy atom. The summed E-state index contributed by atoms with van der Waals surface area (Å²) in [6.07, 6.45) is 9.51. The van der Waals surface area contributed by atoms with E-state index in [1.54, 1.807) is 14.2 Å². The summed E-state index contributed by atoms with van der Waals surface area (Å²) in [6.45, 7) is 6.58. The molecule has 0 amide bonds. The number of unbranched alkanes of at least 4 members (excludes halogenated alkanes) is 5.